The second-order valence-corrected chi connectivity index (χ2v) is 37.9. The van der Waals surface area contributed by atoms with Gasteiger partial charge in [-0.3, -0.25) is 0 Å². The van der Waals surface area contributed by atoms with Crippen LogP contribution in [0.15, 0.2) is 334 Å². The molecule has 1 unspecified atom stereocenters. The van der Waals surface area contributed by atoms with Crippen LogP contribution in [0.2, 0.25) is 0 Å². The zero-order chi connectivity index (χ0) is 84.0. The fourth-order valence-electron chi connectivity index (χ4n) is 23.8. The summed E-state index contributed by atoms with van der Waals surface area (Å²) in [5, 5.41) is 5.47. The third kappa shape index (κ3) is 13.0. The minimum atomic E-state index is -0.131. The predicted molar refractivity (Wildman–Crippen MR) is 521 cm³/mol. The van der Waals surface area contributed by atoms with E-state index in [1.54, 1.807) is 22.3 Å². The number of benzene rings is 16. The molecule has 8 aliphatic carbocycles. The molecule has 604 valence electrons. The van der Waals surface area contributed by atoms with Gasteiger partial charge in [0.15, 0.2) is 0 Å². The fraction of sp³-hybridized carbons (Fsp3) is 0.246. The van der Waals surface area contributed by atoms with Gasteiger partial charge in [-0.25, -0.2) is 0 Å². The maximum atomic E-state index is 2.45. The summed E-state index contributed by atoms with van der Waals surface area (Å²) in [4.78, 5) is 0. The number of aryl methyl sites for hydroxylation is 6. The molecule has 0 amide bonds. The first-order valence-electron chi connectivity index (χ1n) is 45.5. The summed E-state index contributed by atoms with van der Waals surface area (Å²) in [5.74, 6) is 0. The largest absolute Gasteiger partial charge is 0.0642 e. The molecule has 0 nitrogen and oxygen atoms in total. The average Bonchev–Trinajstić information content (AvgIpc) is 1.56. The van der Waals surface area contributed by atoms with E-state index in [1.165, 1.54) is 254 Å². The van der Waals surface area contributed by atoms with Crippen LogP contribution >= 0.6 is 0 Å². The Kier molecular flexibility index (Phi) is 20.6. The highest BCUT2D eigenvalue weighted by Gasteiger charge is 2.48. The zero-order valence-corrected chi connectivity index (χ0v) is 74.0. The van der Waals surface area contributed by atoms with Crippen LogP contribution in [-0.2, 0) is 32.5 Å². The van der Waals surface area contributed by atoms with Crippen LogP contribution in [-0.4, -0.2) is 0 Å². The summed E-state index contributed by atoms with van der Waals surface area (Å²) in [7, 11) is 0. The first-order chi connectivity index (χ1) is 59.2. The molecule has 0 bridgehead atoms. The van der Waals surface area contributed by atoms with Crippen molar-refractivity contribution in [2.45, 2.75) is 193 Å². The Hall–Kier alpha value is -12.0. The molecule has 2 spiro atoms. The van der Waals surface area contributed by atoms with Crippen molar-refractivity contribution in [1.29, 1.82) is 0 Å². The van der Waals surface area contributed by atoms with Gasteiger partial charge in [-0.2, -0.15) is 0 Å². The third-order valence-corrected chi connectivity index (χ3v) is 30.2. The molecule has 0 radical (unpaired) electrons. The Bertz CT molecular complexity index is 6610. The van der Waals surface area contributed by atoms with Crippen molar-refractivity contribution >= 4 is 21.5 Å². The highest BCUT2D eigenvalue weighted by molar-refractivity contribution is 6.05. The smallest absolute Gasteiger partial charge is 0.0435 e. The number of fused-ring (bicyclic) bond motifs is 26. The molecule has 122 heavy (non-hydrogen) atoms. The molecule has 16 aromatic carbocycles. The lowest BCUT2D eigenvalue weighted by Gasteiger charge is -2.36. The minimum Gasteiger partial charge on any atom is -0.0642 e. The van der Waals surface area contributed by atoms with Crippen molar-refractivity contribution in [1.82, 2.24) is 0 Å². The lowest BCUT2D eigenvalue weighted by molar-refractivity contribution is 0.352. The summed E-state index contributed by atoms with van der Waals surface area (Å²) in [6.07, 6.45) is 14.6. The van der Waals surface area contributed by atoms with Crippen molar-refractivity contribution in [3.63, 3.8) is 0 Å². The quantitative estimate of drug-likeness (QED) is 0.165. The minimum absolute atomic E-state index is 0.0979. The van der Waals surface area contributed by atoms with Crippen LogP contribution in [0.5, 0.6) is 0 Å². The van der Waals surface area contributed by atoms with Gasteiger partial charge >= 0.3 is 0 Å². The van der Waals surface area contributed by atoms with Gasteiger partial charge in [-0.15, -0.1) is 0 Å². The number of hydrogen-bond acceptors (Lipinski definition) is 0. The Balaban J connectivity index is 0.0000000970. The highest BCUT2D eigenvalue weighted by Crippen LogP contribution is 2.61. The molecule has 16 aromatic rings. The maximum Gasteiger partial charge on any atom is 0.0435 e. The van der Waals surface area contributed by atoms with Crippen LogP contribution in [0.4, 0.5) is 0 Å². The predicted octanol–water partition coefficient (Wildman–Crippen LogP) is 33.0. The van der Waals surface area contributed by atoms with Gasteiger partial charge in [0, 0.05) is 32.5 Å². The molecule has 0 aromatic heterocycles. The first kappa shape index (κ1) is 79.8. The second kappa shape index (κ2) is 31.5. The normalized spacial score (nSPS) is 16.9. The molecule has 1 atom stereocenters. The van der Waals surface area contributed by atoms with Gasteiger partial charge in [-0.1, -0.05) is 429 Å². The zero-order valence-electron chi connectivity index (χ0n) is 74.0. The Morgan fingerprint density at radius 1 is 0.230 bits per heavy atom. The van der Waals surface area contributed by atoms with Crippen LogP contribution < -0.4 is 0 Å². The number of rotatable bonds is 4. The summed E-state index contributed by atoms with van der Waals surface area (Å²) < 4.78 is 0. The third-order valence-electron chi connectivity index (χ3n) is 30.2. The van der Waals surface area contributed by atoms with Crippen molar-refractivity contribution in [3.05, 3.63) is 439 Å². The number of hydrogen-bond donors (Lipinski definition) is 0. The van der Waals surface area contributed by atoms with E-state index in [-0.39, 0.29) is 21.7 Å². The average molecular weight is 1580 g/mol. The van der Waals surface area contributed by atoms with Gasteiger partial charge in [0.2, 0.25) is 0 Å². The van der Waals surface area contributed by atoms with Crippen molar-refractivity contribution in [3.8, 4) is 77.9 Å². The molecule has 0 N–H and O–H groups in total. The van der Waals surface area contributed by atoms with Gasteiger partial charge in [0.1, 0.15) is 0 Å². The van der Waals surface area contributed by atoms with E-state index in [1.807, 2.05) is 0 Å². The molecule has 0 saturated heterocycles. The van der Waals surface area contributed by atoms with Crippen LogP contribution in [0.1, 0.15) is 225 Å². The molecule has 24 rings (SSSR count). The van der Waals surface area contributed by atoms with E-state index in [9.17, 15) is 0 Å². The summed E-state index contributed by atoms with van der Waals surface area (Å²) in [5.41, 5.74) is 48.3. The summed E-state index contributed by atoms with van der Waals surface area (Å²) in [6.45, 7) is 29.5. The molecular weight excluding hydrogens is 1470 g/mol. The van der Waals surface area contributed by atoms with Gasteiger partial charge in [0.05, 0.1) is 0 Å². The van der Waals surface area contributed by atoms with Gasteiger partial charge in [0.25, 0.3) is 0 Å². The Morgan fingerprint density at radius 3 is 1.18 bits per heavy atom. The summed E-state index contributed by atoms with van der Waals surface area (Å²) in [6, 6.07) is 124. The molecule has 2 saturated carbocycles. The molecule has 8 aliphatic rings. The summed E-state index contributed by atoms with van der Waals surface area (Å²) >= 11 is 0. The lowest BCUT2D eigenvalue weighted by atomic mass is 9.68. The van der Waals surface area contributed by atoms with E-state index in [0.717, 1.165) is 0 Å². The second-order valence-electron chi connectivity index (χ2n) is 37.9. The molecule has 2 fully saturated rings. The Labute approximate surface area is 726 Å². The van der Waals surface area contributed by atoms with Crippen LogP contribution in [0.3, 0.4) is 0 Å². The van der Waals surface area contributed by atoms with Crippen molar-refractivity contribution in [2.75, 3.05) is 0 Å². The standard InChI is InChI=1S/C27H22.2C20H18.C19H20.C18H18.C18H20/c1-19-12-14-20(15-13-19)21-16-17-24-23-10-6-7-11-25(23)27(2,26(24)18-21)22-8-4-3-5-9-22;1-13-12-18-19(15-9-5-4-8-14(13)15)16-10-6-7-11-17(16)20(18,2)3;1-13-8-10-16-18(12-13)20(2,3)17-11-9-14-6-4-5-7-15(14)19(16)17;1-14-9-10-16-15-7-3-4-8-17(15)19(18(16)13-14)11-5-2-6-12-19;1-13-8-9-15-14-6-2-3-7-16(14)18(17(15)12-13)10-4-5-11-18;1-4-18(5-2)16-9-7-6-8-14(16)15-11-10-13(3)12-17(15)18/h3-18H,1-2H3;2*4-12H,1-3H3;3-4,7-10,13H,2,5-6,11-12H2,1H3;2-3,6-9,12H,4-5,10-11H2,1H3;6-12H,4-5H2,1-3H3. The maximum absolute atomic E-state index is 2.45. The SMILES string of the molecule is CCC1(CC)c2ccccc2-c2ccc(C)cc21.Cc1cc2c(c3ccccc13)-c1ccccc1C2(C)C.Cc1ccc(-c2ccc3c(c2)C(C)(c2ccccc2)c2ccccc2-3)cc1.Cc1ccc2c(c1)C(C)(C)c1ccc3ccccc3c1-2.Cc1ccc2c(c1)C1(CCCC1)c1ccccc1-2.Cc1ccc2c(c1)C1(CCCCC1)c1ccccc1-2. The first-order valence-corrected chi connectivity index (χ1v) is 45.5. The molecular formula is C122H116. The van der Waals surface area contributed by atoms with E-state index >= 15 is 0 Å². The van der Waals surface area contributed by atoms with Crippen LogP contribution in [0.25, 0.3) is 99.4 Å². The van der Waals surface area contributed by atoms with Crippen LogP contribution in [0, 0.1) is 41.5 Å². The highest BCUT2D eigenvalue weighted by atomic mass is 14.5. The molecule has 0 heterocycles. The van der Waals surface area contributed by atoms with E-state index in [4.69, 9.17) is 0 Å². The molecule has 0 heteroatoms. The van der Waals surface area contributed by atoms with E-state index < -0.39 is 0 Å². The topological polar surface area (TPSA) is 0 Å². The van der Waals surface area contributed by atoms with Crippen molar-refractivity contribution in [2.24, 2.45) is 0 Å². The fourth-order valence-corrected chi connectivity index (χ4v) is 23.8. The van der Waals surface area contributed by atoms with Gasteiger partial charge in [-0.05, 0) is 270 Å². The lowest BCUT2D eigenvalue weighted by Crippen LogP contribution is -2.28. The Morgan fingerprint density at radius 2 is 0.607 bits per heavy atom. The van der Waals surface area contributed by atoms with E-state index in [0.29, 0.717) is 10.8 Å². The monoisotopic (exact) mass is 1580 g/mol. The van der Waals surface area contributed by atoms with Crippen molar-refractivity contribution < 1.29 is 0 Å². The van der Waals surface area contributed by atoms with E-state index in [2.05, 4.69) is 424 Å². The van der Waals surface area contributed by atoms with Gasteiger partial charge < -0.3 is 0 Å². The molecule has 0 aliphatic heterocycles.